The number of hydrogen-bond donors (Lipinski definition) is 1. The second-order valence-electron chi connectivity index (χ2n) is 4.51. The fourth-order valence-electron chi connectivity index (χ4n) is 1.03. The van der Waals surface area contributed by atoms with E-state index in [0.717, 1.165) is 11.8 Å². The average molecular weight is 259 g/mol. The number of aliphatic carboxylic acids is 1. The van der Waals surface area contributed by atoms with Crippen molar-refractivity contribution in [3.05, 3.63) is 0 Å². The summed E-state index contributed by atoms with van der Waals surface area (Å²) in [5.74, 6) is -0.917. The van der Waals surface area contributed by atoms with Crippen LogP contribution in [0.15, 0.2) is 5.16 Å². The fraction of sp³-hybridized carbons (Fsp3) is 0.778. The molecule has 96 valence electrons. The lowest BCUT2D eigenvalue weighted by molar-refractivity contribution is -0.133. The smallest absolute Gasteiger partial charge is 0.313 e. The quantitative estimate of drug-likeness (QED) is 0.730. The van der Waals surface area contributed by atoms with Crippen LogP contribution < -0.4 is 0 Å². The number of thioether (sulfide) groups is 1. The monoisotopic (exact) mass is 259 g/mol. The molecule has 0 radical (unpaired) electrons. The first kappa shape index (κ1) is 13.9. The Morgan fingerprint density at radius 2 is 2.18 bits per heavy atom. The van der Waals surface area contributed by atoms with Gasteiger partial charge in [-0.1, -0.05) is 11.8 Å². The second kappa shape index (κ2) is 5.46. The minimum atomic E-state index is -0.878. The summed E-state index contributed by atoms with van der Waals surface area (Å²) in [4.78, 5) is 12.6. The number of likely N-dealkylation sites (N-methyl/N-ethyl adjacent to an activating group) is 1. The van der Waals surface area contributed by atoms with E-state index in [9.17, 15) is 4.79 Å². The van der Waals surface area contributed by atoms with Crippen molar-refractivity contribution in [2.45, 2.75) is 31.1 Å². The van der Waals surface area contributed by atoms with Gasteiger partial charge in [0.15, 0.2) is 0 Å². The minimum Gasteiger partial charge on any atom is -0.481 e. The third kappa shape index (κ3) is 3.97. The summed E-state index contributed by atoms with van der Waals surface area (Å²) >= 11 is 1.12. The molecule has 0 fully saturated rings. The molecule has 0 atom stereocenters. The molecule has 1 aromatic rings. The van der Waals surface area contributed by atoms with Crippen LogP contribution in [0.25, 0.3) is 0 Å². The van der Waals surface area contributed by atoms with E-state index in [1.165, 1.54) is 0 Å². The Morgan fingerprint density at radius 1 is 1.53 bits per heavy atom. The van der Waals surface area contributed by atoms with Gasteiger partial charge in [-0.3, -0.25) is 4.79 Å². The first-order chi connectivity index (χ1) is 7.83. The van der Waals surface area contributed by atoms with Gasteiger partial charge in [0.25, 0.3) is 0 Å². The van der Waals surface area contributed by atoms with Gasteiger partial charge < -0.3 is 10.0 Å². The van der Waals surface area contributed by atoms with Crippen LogP contribution in [-0.4, -0.2) is 61.6 Å². The van der Waals surface area contributed by atoms with Crippen LogP contribution in [0.2, 0.25) is 0 Å². The number of carbonyl (C=O) groups is 1. The molecule has 0 aliphatic heterocycles. The van der Waals surface area contributed by atoms with E-state index in [1.54, 1.807) is 4.68 Å². The van der Waals surface area contributed by atoms with Crippen molar-refractivity contribution in [1.82, 2.24) is 25.1 Å². The van der Waals surface area contributed by atoms with Crippen molar-refractivity contribution >= 4 is 17.7 Å². The van der Waals surface area contributed by atoms with E-state index in [-0.39, 0.29) is 11.3 Å². The molecule has 7 nitrogen and oxygen atoms in total. The molecule has 0 saturated carbocycles. The normalized spacial score (nSPS) is 12.1. The summed E-state index contributed by atoms with van der Waals surface area (Å²) in [6.07, 6.45) is 0. The van der Waals surface area contributed by atoms with Gasteiger partial charge >= 0.3 is 5.97 Å². The molecule has 0 aromatic carbocycles. The Morgan fingerprint density at radius 3 is 2.71 bits per heavy atom. The van der Waals surface area contributed by atoms with Gasteiger partial charge in [-0.2, -0.15) is 0 Å². The molecule has 8 heteroatoms. The van der Waals surface area contributed by atoms with Crippen LogP contribution in [0.5, 0.6) is 0 Å². The van der Waals surface area contributed by atoms with Crippen molar-refractivity contribution in [3.8, 4) is 0 Å². The SMILES string of the molecule is CN(C)C(C)(C)Cn1nnnc1SCC(=O)O. The zero-order chi connectivity index (χ0) is 13.1. The van der Waals surface area contributed by atoms with Crippen molar-refractivity contribution < 1.29 is 9.90 Å². The zero-order valence-corrected chi connectivity index (χ0v) is 11.2. The predicted molar refractivity (Wildman–Crippen MR) is 63.9 cm³/mol. The number of carboxylic acid groups (broad SMARTS) is 1. The van der Waals surface area contributed by atoms with Crippen LogP contribution in [0.3, 0.4) is 0 Å². The fourth-order valence-corrected chi connectivity index (χ4v) is 1.63. The van der Waals surface area contributed by atoms with E-state index in [2.05, 4.69) is 34.3 Å². The Balaban J connectivity index is 2.72. The molecular formula is C9H17N5O2S. The van der Waals surface area contributed by atoms with Crippen LogP contribution >= 0.6 is 11.8 Å². The van der Waals surface area contributed by atoms with E-state index in [1.807, 2.05) is 14.1 Å². The molecule has 0 aliphatic rings. The summed E-state index contributed by atoms with van der Waals surface area (Å²) in [6, 6.07) is 0. The number of rotatable bonds is 6. The number of aromatic nitrogens is 4. The molecule has 0 saturated heterocycles. The number of nitrogens with zero attached hydrogens (tertiary/aromatic N) is 5. The van der Waals surface area contributed by atoms with E-state index < -0.39 is 5.97 Å². The van der Waals surface area contributed by atoms with E-state index in [4.69, 9.17) is 5.11 Å². The summed E-state index contributed by atoms with van der Waals surface area (Å²) in [5.41, 5.74) is -0.103. The first-order valence-corrected chi connectivity index (χ1v) is 6.09. The molecule has 0 aliphatic carbocycles. The molecule has 0 amide bonds. The molecule has 0 unspecified atom stereocenters. The summed E-state index contributed by atoms with van der Waals surface area (Å²) in [5, 5.41) is 20.4. The highest BCUT2D eigenvalue weighted by Crippen LogP contribution is 2.18. The Kier molecular flexibility index (Phi) is 4.47. The molecule has 1 rings (SSSR count). The van der Waals surface area contributed by atoms with Gasteiger partial charge in [-0.25, -0.2) is 4.68 Å². The van der Waals surface area contributed by atoms with Crippen LogP contribution in [0.4, 0.5) is 0 Å². The number of hydrogen-bond acceptors (Lipinski definition) is 6. The summed E-state index contributed by atoms with van der Waals surface area (Å²) in [6.45, 7) is 4.75. The third-order valence-electron chi connectivity index (χ3n) is 2.57. The van der Waals surface area contributed by atoms with Gasteiger partial charge in [-0.05, 0) is 38.4 Å². The lowest BCUT2D eigenvalue weighted by Crippen LogP contribution is -2.42. The molecule has 1 N–H and O–H groups in total. The molecule has 0 bridgehead atoms. The highest BCUT2D eigenvalue weighted by molar-refractivity contribution is 7.99. The van der Waals surface area contributed by atoms with Gasteiger partial charge in [-0.15, -0.1) is 5.10 Å². The van der Waals surface area contributed by atoms with Crippen LogP contribution in [0, 0.1) is 0 Å². The maximum atomic E-state index is 10.5. The Labute approximate surface area is 104 Å². The van der Waals surface area contributed by atoms with Crippen molar-refractivity contribution in [2.75, 3.05) is 19.8 Å². The minimum absolute atomic E-state index is 0.0389. The number of carboxylic acids is 1. The standard InChI is InChI=1S/C9H17N5O2S/c1-9(2,13(3)4)6-14-8(10-11-12-14)17-5-7(15)16/h5-6H2,1-4H3,(H,15,16). The van der Waals surface area contributed by atoms with Crippen LogP contribution in [-0.2, 0) is 11.3 Å². The van der Waals surface area contributed by atoms with Crippen LogP contribution in [0.1, 0.15) is 13.8 Å². The van der Waals surface area contributed by atoms with Gasteiger partial charge in [0, 0.05) is 5.54 Å². The highest BCUT2D eigenvalue weighted by atomic mass is 32.2. The third-order valence-corrected chi connectivity index (χ3v) is 3.51. The maximum Gasteiger partial charge on any atom is 0.313 e. The topological polar surface area (TPSA) is 84.1 Å². The van der Waals surface area contributed by atoms with Crippen molar-refractivity contribution in [1.29, 1.82) is 0 Å². The Hall–Kier alpha value is -1.15. The molecule has 0 spiro atoms. The van der Waals surface area contributed by atoms with E-state index >= 15 is 0 Å². The Bertz CT molecular complexity index is 390. The average Bonchev–Trinajstić information content (AvgIpc) is 2.61. The predicted octanol–water partition coefficient (Wildman–Crippen LogP) is 0.190. The summed E-state index contributed by atoms with van der Waals surface area (Å²) in [7, 11) is 3.96. The zero-order valence-electron chi connectivity index (χ0n) is 10.4. The lowest BCUT2D eigenvalue weighted by Gasteiger charge is -2.32. The van der Waals surface area contributed by atoms with Gasteiger partial charge in [0.2, 0.25) is 5.16 Å². The van der Waals surface area contributed by atoms with Crippen molar-refractivity contribution in [2.24, 2.45) is 0 Å². The maximum absolute atomic E-state index is 10.5. The van der Waals surface area contributed by atoms with Crippen molar-refractivity contribution in [3.63, 3.8) is 0 Å². The number of tetrazole rings is 1. The first-order valence-electron chi connectivity index (χ1n) is 5.11. The second-order valence-corrected chi connectivity index (χ2v) is 5.45. The summed E-state index contributed by atoms with van der Waals surface area (Å²) < 4.78 is 1.63. The molecule has 17 heavy (non-hydrogen) atoms. The molecule has 1 heterocycles. The van der Waals surface area contributed by atoms with E-state index in [0.29, 0.717) is 11.7 Å². The lowest BCUT2D eigenvalue weighted by atomic mass is 10.1. The largest absolute Gasteiger partial charge is 0.481 e. The van der Waals surface area contributed by atoms with Gasteiger partial charge in [0.1, 0.15) is 0 Å². The molecular weight excluding hydrogens is 242 g/mol. The van der Waals surface area contributed by atoms with Gasteiger partial charge in [0.05, 0.1) is 12.3 Å². The highest BCUT2D eigenvalue weighted by Gasteiger charge is 2.23. The molecule has 1 aromatic heterocycles.